The van der Waals surface area contributed by atoms with Crippen LogP contribution in [0.5, 0.6) is 5.75 Å². The second kappa shape index (κ2) is 7.82. The van der Waals surface area contributed by atoms with E-state index in [9.17, 15) is 9.59 Å². The van der Waals surface area contributed by atoms with Crippen LogP contribution in [0, 0.1) is 13.8 Å². The van der Waals surface area contributed by atoms with Gasteiger partial charge in [-0.1, -0.05) is 0 Å². The van der Waals surface area contributed by atoms with Gasteiger partial charge in [0, 0.05) is 25.2 Å². The summed E-state index contributed by atoms with van der Waals surface area (Å²) in [5.74, 6) is 0.254. The summed E-state index contributed by atoms with van der Waals surface area (Å²) in [7, 11) is 3.45. The number of nitrogens with zero attached hydrogens (tertiary/aromatic N) is 2. The van der Waals surface area contributed by atoms with Gasteiger partial charge in [0.1, 0.15) is 5.75 Å². The minimum atomic E-state index is -0.189. The SMILES string of the molecule is COc1ccc(NC(=O)CCc2c(C)nn(C)c2C)c(C(=O)NC2CC2)c1. The van der Waals surface area contributed by atoms with Crippen molar-refractivity contribution in [3.63, 3.8) is 0 Å². The smallest absolute Gasteiger partial charge is 0.253 e. The van der Waals surface area contributed by atoms with Gasteiger partial charge in [-0.15, -0.1) is 0 Å². The molecule has 0 atom stereocenters. The molecule has 7 heteroatoms. The number of anilines is 1. The third kappa shape index (κ3) is 4.48. The summed E-state index contributed by atoms with van der Waals surface area (Å²) < 4.78 is 7.04. The first-order chi connectivity index (χ1) is 12.9. The van der Waals surface area contributed by atoms with E-state index in [1.165, 1.54) is 0 Å². The number of nitrogens with one attached hydrogen (secondary N) is 2. The third-order valence-corrected chi connectivity index (χ3v) is 4.92. The standard InChI is InChI=1S/C20H26N4O3/c1-12-16(13(2)24(3)23-12)8-10-19(25)22-18-9-7-15(27-4)11-17(18)20(26)21-14-5-6-14/h7,9,11,14H,5-6,8,10H2,1-4H3,(H,21,26)(H,22,25). The van der Waals surface area contributed by atoms with Crippen LogP contribution >= 0.6 is 0 Å². The maximum Gasteiger partial charge on any atom is 0.253 e. The first-order valence-electron chi connectivity index (χ1n) is 9.17. The molecule has 0 spiro atoms. The molecule has 0 bridgehead atoms. The quantitative estimate of drug-likeness (QED) is 0.784. The Balaban J connectivity index is 1.70. The molecule has 1 aliphatic rings. The van der Waals surface area contributed by atoms with E-state index in [0.717, 1.165) is 29.8 Å². The molecule has 0 radical (unpaired) electrons. The molecule has 0 unspecified atom stereocenters. The summed E-state index contributed by atoms with van der Waals surface area (Å²) in [6.07, 6.45) is 2.93. The summed E-state index contributed by atoms with van der Waals surface area (Å²) in [5.41, 5.74) is 4.02. The van der Waals surface area contributed by atoms with E-state index in [0.29, 0.717) is 29.8 Å². The fourth-order valence-corrected chi connectivity index (χ4v) is 3.07. The minimum absolute atomic E-state index is 0.136. The molecular weight excluding hydrogens is 344 g/mol. The lowest BCUT2D eigenvalue weighted by Gasteiger charge is -2.13. The van der Waals surface area contributed by atoms with Gasteiger partial charge < -0.3 is 15.4 Å². The van der Waals surface area contributed by atoms with Crippen LogP contribution in [0.3, 0.4) is 0 Å². The molecular formula is C20H26N4O3. The summed E-state index contributed by atoms with van der Waals surface area (Å²) in [6.45, 7) is 3.95. The maximum absolute atomic E-state index is 12.5. The third-order valence-electron chi connectivity index (χ3n) is 4.92. The summed E-state index contributed by atoms with van der Waals surface area (Å²) in [6, 6.07) is 5.34. The number of carbonyl (C=O) groups is 2. The summed E-state index contributed by atoms with van der Waals surface area (Å²) >= 11 is 0. The Morgan fingerprint density at radius 1 is 1.30 bits per heavy atom. The van der Waals surface area contributed by atoms with Crippen LogP contribution in [-0.2, 0) is 18.3 Å². The Hall–Kier alpha value is -2.83. The van der Waals surface area contributed by atoms with Crippen molar-refractivity contribution in [1.82, 2.24) is 15.1 Å². The maximum atomic E-state index is 12.5. The largest absolute Gasteiger partial charge is 0.497 e. The van der Waals surface area contributed by atoms with Gasteiger partial charge in [0.25, 0.3) is 5.91 Å². The zero-order valence-corrected chi connectivity index (χ0v) is 16.3. The van der Waals surface area contributed by atoms with Gasteiger partial charge in [0.2, 0.25) is 5.91 Å². The molecule has 1 fully saturated rings. The summed E-state index contributed by atoms with van der Waals surface area (Å²) in [5, 5.41) is 10.2. The predicted molar refractivity (Wildman–Crippen MR) is 103 cm³/mol. The Bertz CT molecular complexity index is 868. The molecule has 2 N–H and O–H groups in total. The highest BCUT2D eigenvalue weighted by Gasteiger charge is 2.25. The van der Waals surface area contributed by atoms with Gasteiger partial charge >= 0.3 is 0 Å². The average molecular weight is 370 g/mol. The van der Waals surface area contributed by atoms with Crippen molar-refractivity contribution in [3.8, 4) is 5.75 Å². The van der Waals surface area contributed by atoms with Crippen molar-refractivity contribution >= 4 is 17.5 Å². The van der Waals surface area contributed by atoms with Crippen LogP contribution in [0.25, 0.3) is 0 Å². The van der Waals surface area contributed by atoms with Crippen LogP contribution in [0.1, 0.15) is 46.6 Å². The van der Waals surface area contributed by atoms with E-state index in [2.05, 4.69) is 15.7 Å². The molecule has 1 aliphatic carbocycles. The molecule has 0 aliphatic heterocycles. The van der Waals surface area contributed by atoms with Gasteiger partial charge in [0.15, 0.2) is 0 Å². The summed E-state index contributed by atoms with van der Waals surface area (Å²) in [4.78, 5) is 25.0. The van der Waals surface area contributed by atoms with E-state index in [-0.39, 0.29) is 17.9 Å². The van der Waals surface area contributed by atoms with E-state index in [1.54, 1.807) is 25.3 Å². The number of amides is 2. The molecule has 3 rings (SSSR count). The highest BCUT2D eigenvalue weighted by molar-refractivity contribution is 6.04. The van der Waals surface area contributed by atoms with Crippen molar-refractivity contribution in [1.29, 1.82) is 0 Å². The lowest BCUT2D eigenvalue weighted by Crippen LogP contribution is -2.27. The van der Waals surface area contributed by atoms with E-state index in [1.807, 2.05) is 25.6 Å². The van der Waals surface area contributed by atoms with E-state index in [4.69, 9.17) is 4.74 Å². The lowest BCUT2D eigenvalue weighted by molar-refractivity contribution is -0.116. The second-order valence-corrected chi connectivity index (χ2v) is 6.98. The number of methoxy groups -OCH3 is 1. The Morgan fingerprint density at radius 2 is 2.04 bits per heavy atom. The van der Waals surface area contributed by atoms with Gasteiger partial charge in [-0.05, 0) is 56.9 Å². The number of hydrogen-bond donors (Lipinski definition) is 2. The highest BCUT2D eigenvalue weighted by Crippen LogP contribution is 2.25. The fourth-order valence-electron chi connectivity index (χ4n) is 3.07. The topological polar surface area (TPSA) is 85.2 Å². The van der Waals surface area contributed by atoms with Crippen LogP contribution in [0.2, 0.25) is 0 Å². The zero-order valence-electron chi connectivity index (χ0n) is 16.3. The predicted octanol–water partition coefficient (Wildman–Crippen LogP) is 2.51. The van der Waals surface area contributed by atoms with Crippen molar-refractivity contribution in [3.05, 3.63) is 40.7 Å². The molecule has 7 nitrogen and oxygen atoms in total. The molecule has 27 heavy (non-hydrogen) atoms. The molecule has 1 aromatic heterocycles. The zero-order chi connectivity index (χ0) is 19.6. The second-order valence-electron chi connectivity index (χ2n) is 6.98. The molecule has 1 heterocycles. The van der Waals surface area contributed by atoms with Crippen molar-refractivity contribution < 1.29 is 14.3 Å². The molecule has 1 saturated carbocycles. The Kier molecular flexibility index (Phi) is 5.48. The minimum Gasteiger partial charge on any atom is -0.497 e. The first kappa shape index (κ1) is 18.9. The van der Waals surface area contributed by atoms with Crippen molar-refractivity contribution in [2.75, 3.05) is 12.4 Å². The van der Waals surface area contributed by atoms with Gasteiger partial charge in [-0.2, -0.15) is 5.10 Å². The van der Waals surface area contributed by atoms with Gasteiger partial charge in [0.05, 0.1) is 24.1 Å². The lowest BCUT2D eigenvalue weighted by atomic mass is 10.1. The van der Waals surface area contributed by atoms with Gasteiger partial charge in [-0.25, -0.2) is 0 Å². The molecule has 2 aromatic rings. The van der Waals surface area contributed by atoms with Crippen LogP contribution < -0.4 is 15.4 Å². The van der Waals surface area contributed by atoms with Gasteiger partial charge in [-0.3, -0.25) is 14.3 Å². The van der Waals surface area contributed by atoms with Crippen LogP contribution in [-0.4, -0.2) is 34.7 Å². The van der Waals surface area contributed by atoms with Crippen molar-refractivity contribution in [2.45, 2.75) is 45.6 Å². The normalized spacial score (nSPS) is 13.3. The molecule has 144 valence electrons. The number of benzene rings is 1. The monoisotopic (exact) mass is 370 g/mol. The number of aromatic nitrogens is 2. The number of aryl methyl sites for hydroxylation is 2. The average Bonchev–Trinajstić information content (AvgIpc) is 3.41. The highest BCUT2D eigenvalue weighted by atomic mass is 16.5. The van der Waals surface area contributed by atoms with Crippen LogP contribution in [0.15, 0.2) is 18.2 Å². The number of hydrogen-bond acceptors (Lipinski definition) is 4. The van der Waals surface area contributed by atoms with Crippen LogP contribution in [0.4, 0.5) is 5.69 Å². The Morgan fingerprint density at radius 3 is 2.63 bits per heavy atom. The number of carbonyl (C=O) groups excluding carboxylic acids is 2. The Labute approximate surface area is 159 Å². The fraction of sp³-hybridized carbons (Fsp3) is 0.450. The molecule has 1 aromatic carbocycles. The molecule has 0 saturated heterocycles. The van der Waals surface area contributed by atoms with E-state index < -0.39 is 0 Å². The number of ether oxygens (including phenoxy) is 1. The van der Waals surface area contributed by atoms with Crippen molar-refractivity contribution in [2.24, 2.45) is 7.05 Å². The first-order valence-corrected chi connectivity index (χ1v) is 9.17. The molecule has 2 amide bonds. The van der Waals surface area contributed by atoms with E-state index >= 15 is 0 Å². The number of rotatable bonds is 7.